The molecular weight excluding hydrogens is 200 g/mol. The van der Waals surface area contributed by atoms with Crippen molar-refractivity contribution in [3.63, 3.8) is 0 Å². The summed E-state index contributed by atoms with van der Waals surface area (Å²) in [7, 11) is 0. The average Bonchev–Trinajstić information content (AvgIpc) is 2.28. The second kappa shape index (κ2) is 5.71. The van der Waals surface area contributed by atoms with Crippen molar-refractivity contribution in [2.24, 2.45) is 0 Å². The van der Waals surface area contributed by atoms with Gasteiger partial charge in [-0.15, -0.1) is 0 Å². The van der Waals surface area contributed by atoms with Gasteiger partial charge in [-0.05, 0) is 32.3 Å². The van der Waals surface area contributed by atoms with Crippen LogP contribution in [0.2, 0.25) is 0 Å². The number of rotatable bonds is 6. The Balaban J connectivity index is 2.51. The number of aryl methyl sites for hydroxylation is 1. The Kier molecular flexibility index (Phi) is 4.56. The fourth-order valence-electron chi connectivity index (χ4n) is 1.50. The van der Waals surface area contributed by atoms with Crippen molar-refractivity contribution in [3.8, 4) is 0 Å². The summed E-state index contributed by atoms with van der Waals surface area (Å²) in [4.78, 5) is 0. The Morgan fingerprint density at radius 3 is 2.56 bits per heavy atom. The van der Waals surface area contributed by atoms with Crippen LogP contribution < -0.4 is 0 Å². The summed E-state index contributed by atoms with van der Waals surface area (Å²) >= 11 is 0. The predicted molar refractivity (Wildman–Crippen MR) is 66.2 cm³/mol. The highest BCUT2D eigenvalue weighted by Gasteiger charge is 2.25. The van der Waals surface area contributed by atoms with Gasteiger partial charge in [0.25, 0.3) is 0 Å². The average molecular weight is 220 g/mol. The normalized spacial score (nSPS) is 14.2. The smallest absolute Gasteiger partial charge is 0.120 e. The summed E-state index contributed by atoms with van der Waals surface area (Å²) in [6.45, 7) is 7.93. The van der Waals surface area contributed by atoms with Crippen LogP contribution in [-0.2, 0) is 11.2 Å². The molecule has 0 spiro atoms. The van der Waals surface area contributed by atoms with Crippen LogP contribution >= 0.6 is 0 Å². The molecule has 1 unspecified atom stereocenters. The van der Waals surface area contributed by atoms with Crippen LogP contribution in [0.25, 0.3) is 0 Å². The first-order valence-electron chi connectivity index (χ1n) is 5.64. The highest BCUT2D eigenvalue weighted by Crippen LogP contribution is 2.22. The molecule has 0 aliphatic carbocycles. The number of hydrogen-bond donors (Lipinski definition) is 1. The van der Waals surface area contributed by atoms with E-state index in [9.17, 15) is 5.11 Å². The van der Waals surface area contributed by atoms with E-state index in [4.69, 9.17) is 4.74 Å². The molecule has 0 fully saturated rings. The molecule has 0 saturated carbocycles. The molecule has 2 heteroatoms. The minimum atomic E-state index is -0.953. The Morgan fingerprint density at radius 2 is 2.00 bits per heavy atom. The second-order valence-electron chi connectivity index (χ2n) is 4.12. The molecule has 0 radical (unpaired) electrons. The van der Waals surface area contributed by atoms with Gasteiger partial charge >= 0.3 is 0 Å². The SMILES string of the molecule is C=C(OCC)C(C)(O)CCc1ccccc1. The number of hydrogen-bond acceptors (Lipinski definition) is 2. The van der Waals surface area contributed by atoms with Gasteiger partial charge in [0.05, 0.1) is 6.61 Å². The zero-order valence-corrected chi connectivity index (χ0v) is 10.1. The van der Waals surface area contributed by atoms with E-state index in [0.717, 1.165) is 6.42 Å². The van der Waals surface area contributed by atoms with Crippen LogP contribution in [0.1, 0.15) is 25.8 Å². The van der Waals surface area contributed by atoms with Gasteiger partial charge in [-0.3, -0.25) is 0 Å². The van der Waals surface area contributed by atoms with Gasteiger partial charge in [-0.2, -0.15) is 0 Å². The molecule has 1 atom stereocenters. The first-order chi connectivity index (χ1) is 7.56. The fraction of sp³-hybridized carbons (Fsp3) is 0.429. The number of aliphatic hydroxyl groups is 1. The summed E-state index contributed by atoms with van der Waals surface area (Å²) in [6, 6.07) is 10.1. The first-order valence-corrected chi connectivity index (χ1v) is 5.64. The summed E-state index contributed by atoms with van der Waals surface area (Å²) in [5, 5.41) is 10.2. The standard InChI is InChI=1S/C14H20O2/c1-4-16-12(2)14(3,15)11-10-13-8-6-5-7-9-13/h5-9,15H,2,4,10-11H2,1,3H3. The molecule has 0 amide bonds. The summed E-state index contributed by atoms with van der Waals surface area (Å²) in [5.41, 5.74) is 0.262. The highest BCUT2D eigenvalue weighted by atomic mass is 16.5. The minimum Gasteiger partial charge on any atom is -0.496 e. The van der Waals surface area contributed by atoms with E-state index in [1.165, 1.54) is 5.56 Å². The van der Waals surface area contributed by atoms with Crippen molar-refractivity contribution >= 4 is 0 Å². The van der Waals surface area contributed by atoms with Crippen LogP contribution in [-0.4, -0.2) is 17.3 Å². The van der Waals surface area contributed by atoms with E-state index in [0.29, 0.717) is 18.8 Å². The highest BCUT2D eigenvalue weighted by molar-refractivity contribution is 5.16. The maximum absolute atomic E-state index is 10.2. The van der Waals surface area contributed by atoms with Crippen LogP contribution in [0.15, 0.2) is 42.7 Å². The Morgan fingerprint density at radius 1 is 1.38 bits per heavy atom. The molecule has 16 heavy (non-hydrogen) atoms. The molecule has 0 aliphatic heterocycles. The van der Waals surface area contributed by atoms with E-state index in [1.54, 1.807) is 6.92 Å². The molecule has 2 nitrogen and oxygen atoms in total. The quantitative estimate of drug-likeness (QED) is 0.747. The lowest BCUT2D eigenvalue weighted by atomic mass is 9.95. The first kappa shape index (κ1) is 12.8. The largest absolute Gasteiger partial charge is 0.496 e. The third kappa shape index (κ3) is 3.70. The molecule has 0 aromatic heterocycles. The van der Waals surface area contributed by atoms with E-state index in [1.807, 2.05) is 25.1 Å². The number of ether oxygens (including phenoxy) is 1. The van der Waals surface area contributed by atoms with Gasteiger partial charge in [0, 0.05) is 0 Å². The molecule has 0 bridgehead atoms. The van der Waals surface area contributed by atoms with Crippen molar-refractivity contribution < 1.29 is 9.84 Å². The summed E-state index contributed by atoms with van der Waals surface area (Å²) in [6.07, 6.45) is 1.44. The van der Waals surface area contributed by atoms with E-state index in [-0.39, 0.29) is 0 Å². The van der Waals surface area contributed by atoms with Crippen molar-refractivity contribution in [2.45, 2.75) is 32.3 Å². The van der Waals surface area contributed by atoms with E-state index >= 15 is 0 Å². The molecule has 0 heterocycles. The van der Waals surface area contributed by atoms with Crippen molar-refractivity contribution in [2.75, 3.05) is 6.61 Å². The third-order valence-electron chi connectivity index (χ3n) is 2.66. The van der Waals surface area contributed by atoms with Crippen LogP contribution in [0.5, 0.6) is 0 Å². The Bertz CT molecular complexity index is 328. The molecule has 0 saturated heterocycles. The zero-order valence-electron chi connectivity index (χ0n) is 10.1. The van der Waals surface area contributed by atoms with Gasteiger partial charge in [0.2, 0.25) is 0 Å². The van der Waals surface area contributed by atoms with Crippen LogP contribution in [0.3, 0.4) is 0 Å². The third-order valence-corrected chi connectivity index (χ3v) is 2.66. The van der Waals surface area contributed by atoms with E-state index in [2.05, 4.69) is 18.7 Å². The molecule has 0 aliphatic rings. The monoisotopic (exact) mass is 220 g/mol. The summed E-state index contributed by atoms with van der Waals surface area (Å²) < 4.78 is 5.25. The lowest BCUT2D eigenvalue weighted by Gasteiger charge is -2.25. The van der Waals surface area contributed by atoms with Crippen molar-refractivity contribution in [1.29, 1.82) is 0 Å². The predicted octanol–water partition coefficient (Wildman–Crippen LogP) is 2.92. The van der Waals surface area contributed by atoms with Crippen molar-refractivity contribution in [1.82, 2.24) is 0 Å². The molecule has 1 N–H and O–H groups in total. The molecular formula is C14H20O2. The summed E-state index contributed by atoms with van der Waals surface area (Å²) in [5.74, 6) is 0.450. The minimum absolute atomic E-state index is 0.450. The van der Waals surface area contributed by atoms with Crippen molar-refractivity contribution in [3.05, 3.63) is 48.2 Å². The van der Waals surface area contributed by atoms with Gasteiger partial charge < -0.3 is 9.84 Å². The molecule has 1 rings (SSSR count). The Hall–Kier alpha value is -1.28. The topological polar surface area (TPSA) is 29.5 Å². The number of benzene rings is 1. The van der Waals surface area contributed by atoms with E-state index < -0.39 is 5.60 Å². The van der Waals surface area contributed by atoms with Gasteiger partial charge in [-0.25, -0.2) is 0 Å². The van der Waals surface area contributed by atoms with Crippen LogP contribution in [0, 0.1) is 0 Å². The lowest BCUT2D eigenvalue weighted by molar-refractivity contribution is 0.0222. The van der Waals surface area contributed by atoms with Gasteiger partial charge in [0.15, 0.2) is 0 Å². The zero-order chi connectivity index (χ0) is 12.0. The van der Waals surface area contributed by atoms with Crippen LogP contribution in [0.4, 0.5) is 0 Å². The fourth-order valence-corrected chi connectivity index (χ4v) is 1.50. The molecule has 88 valence electrons. The van der Waals surface area contributed by atoms with Gasteiger partial charge in [0.1, 0.15) is 11.4 Å². The molecule has 1 aromatic rings. The Labute approximate surface area is 97.6 Å². The maximum Gasteiger partial charge on any atom is 0.120 e. The maximum atomic E-state index is 10.2. The lowest BCUT2D eigenvalue weighted by Crippen LogP contribution is -2.28. The molecule has 1 aromatic carbocycles. The second-order valence-corrected chi connectivity index (χ2v) is 4.12. The van der Waals surface area contributed by atoms with Gasteiger partial charge in [-0.1, -0.05) is 36.9 Å².